The second kappa shape index (κ2) is 14.4. The van der Waals surface area contributed by atoms with Gasteiger partial charge in [0.2, 0.25) is 0 Å². The Kier molecular flexibility index (Phi) is 14.7. The number of allylic oxidation sites excluding steroid dienone is 1. The first-order chi connectivity index (χ1) is 12.7. The monoisotopic (exact) mass is 502 g/mol. The first kappa shape index (κ1) is 27.5. The Hall–Kier alpha value is 0.456. The molecular weight excluding hydrogens is 451 g/mol. The minimum atomic E-state index is -2.17. The molecule has 1 atom stereocenters. The first-order valence-electron chi connectivity index (χ1n) is 11.7. The van der Waals surface area contributed by atoms with Gasteiger partial charge in [-0.25, -0.2) is 0 Å². The van der Waals surface area contributed by atoms with Crippen LogP contribution in [-0.4, -0.2) is 32.3 Å². The van der Waals surface area contributed by atoms with Crippen molar-refractivity contribution in [1.29, 1.82) is 0 Å². The van der Waals surface area contributed by atoms with Crippen molar-refractivity contribution in [2.45, 2.75) is 125 Å². The minimum absolute atomic E-state index is 0.130. The maximum absolute atomic E-state index is 6.61. The van der Waals surface area contributed by atoms with E-state index in [0.717, 1.165) is 12.8 Å². The molecule has 0 amide bonds. The molecule has 160 valence electrons. The fourth-order valence-electron chi connectivity index (χ4n) is 3.96. The van der Waals surface area contributed by atoms with E-state index in [1.54, 1.807) is 13.3 Å². The molecule has 3 heteroatoms. The van der Waals surface area contributed by atoms with Gasteiger partial charge in [-0.1, -0.05) is 0 Å². The van der Waals surface area contributed by atoms with Gasteiger partial charge in [0.1, 0.15) is 0 Å². The van der Waals surface area contributed by atoms with Gasteiger partial charge in [0.25, 0.3) is 0 Å². The summed E-state index contributed by atoms with van der Waals surface area (Å²) in [6.45, 7) is 18.5. The third kappa shape index (κ3) is 13.3. The van der Waals surface area contributed by atoms with Crippen LogP contribution in [0.25, 0.3) is 0 Å². The zero-order valence-electron chi connectivity index (χ0n) is 20.0. The number of hydrogen-bond donors (Lipinski definition) is 0. The van der Waals surface area contributed by atoms with Gasteiger partial charge in [-0.2, -0.15) is 0 Å². The van der Waals surface area contributed by atoms with Crippen molar-refractivity contribution in [2.75, 3.05) is 0 Å². The van der Waals surface area contributed by atoms with Crippen molar-refractivity contribution < 1.29 is 4.43 Å². The third-order valence-electron chi connectivity index (χ3n) is 5.32. The van der Waals surface area contributed by atoms with Crippen LogP contribution in [0.1, 0.15) is 86.0 Å². The normalized spacial score (nSPS) is 15.7. The molecule has 0 N–H and O–H groups in total. The Morgan fingerprint density at radius 1 is 0.815 bits per heavy atom. The van der Waals surface area contributed by atoms with E-state index >= 15 is 0 Å². The standard InChI is InChI=1S/C12H23OSi.3C4H9.Sn/c1-7-9-11-12(3,10-8-2)13-14(4,5)6;3*1-3-4-2;/h2,8-9,11H,7,10H2,1,3-6H3;3*1,3-4H2,2H3;/b8-2?,11-9+;;;;. The van der Waals surface area contributed by atoms with Crippen molar-refractivity contribution in [3.63, 3.8) is 0 Å². The van der Waals surface area contributed by atoms with Gasteiger partial charge in [-0.15, -0.1) is 0 Å². The quantitative estimate of drug-likeness (QED) is 0.152. The van der Waals surface area contributed by atoms with Crippen LogP contribution in [0.15, 0.2) is 22.3 Å². The molecule has 0 aliphatic heterocycles. The SMILES string of the molecule is CC/C=C/C(C)(C/C=[CH]/[Sn]([CH2]CCC)([CH2]CCC)[CH2]CCC)O[Si](C)(C)C. The van der Waals surface area contributed by atoms with Gasteiger partial charge >= 0.3 is 178 Å². The van der Waals surface area contributed by atoms with Crippen LogP contribution in [-0.2, 0) is 4.43 Å². The Morgan fingerprint density at radius 3 is 1.67 bits per heavy atom. The van der Waals surface area contributed by atoms with Crippen LogP contribution in [0.2, 0.25) is 33.0 Å². The summed E-state index contributed by atoms with van der Waals surface area (Å²) >= 11 is -2.17. The second-order valence-corrected chi connectivity index (χ2v) is 27.1. The van der Waals surface area contributed by atoms with Crippen LogP contribution in [0.3, 0.4) is 0 Å². The molecule has 0 radical (unpaired) electrons. The fraction of sp³-hybridized carbons (Fsp3) is 0.833. The van der Waals surface area contributed by atoms with Crippen LogP contribution in [0.5, 0.6) is 0 Å². The zero-order chi connectivity index (χ0) is 20.8. The van der Waals surface area contributed by atoms with E-state index in [1.165, 1.54) is 38.5 Å². The van der Waals surface area contributed by atoms with Gasteiger partial charge < -0.3 is 0 Å². The van der Waals surface area contributed by atoms with E-state index in [-0.39, 0.29) is 5.60 Å². The molecular formula is C24H50OSiSn. The molecule has 0 aromatic carbocycles. The van der Waals surface area contributed by atoms with Crippen LogP contribution < -0.4 is 0 Å². The van der Waals surface area contributed by atoms with Crippen molar-refractivity contribution >= 4 is 26.7 Å². The Morgan fingerprint density at radius 2 is 1.30 bits per heavy atom. The summed E-state index contributed by atoms with van der Waals surface area (Å²) in [5, 5.41) is 0. The molecule has 0 aliphatic rings. The molecule has 0 spiro atoms. The van der Waals surface area contributed by atoms with Crippen molar-refractivity contribution in [1.82, 2.24) is 0 Å². The molecule has 0 aliphatic carbocycles. The Labute approximate surface area is 177 Å². The number of unbranched alkanes of at least 4 members (excludes halogenated alkanes) is 3. The van der Waals surface area contributed by atoms with Gasteiger partial charge in [-0.3, -0.25) is 0 Å². The summed E-state index contributed by atoms with van der Waals surface area (Å²) in [7, 11) is -1.57. The maximum atomic E-state index is 6.61. The summed E-state index contributed by atoms with van der Waals surface area (Å²) in [5.41, 5.74) is -0.130. The third-order valence-corrected chi connectivity index (χ3v) is 20.6. The predicted molar refractivity (Wildman–Crippen MR) is 131 cm³/mol. The molecule has 0 rings (SSSR count). The fourth-order valence-corrected chi connectivity index (χ4v) is 19.9. The average Bonchev–Trinajstić information content (AvgIpc) is 2.59. The average molecular weight is 501 g/mol. The summed E-state index contributed by atoms with van der Waals surface area (Å²) in [4.78, 5) is 0. The summed E-state index contributed by atoms with van der Waals surface area (Å²) in [5.74, 6) is 0. The molecule has 0 heterocycles. The van der Waals surface area contributed by atoms with Gasteiger partial charge in [0, 0.05) is 0 Å². The Balaban J connectivity index is 5.41. The topological polar surface area (TPSA) is 9.23 Å². The predicted octanol–water partition coefficient (Wildman–Crippen LogP) is 8.90. The van der Waals surface area contributed by atoms with Gasteiger partial charge in [0.15, 0.2) is 0 Å². The molecule has 0 saturated heterocycles. The summed E-state index contributed by atoms with van der Waals surface area (Å²) in [6.07, 6.45) is 17.6. The van der Waals surface area contributed by atoms with Crippen LogP contribution >= 0.6 is 0 Å². The molecule has 0 fully saturated rings. The van der Waals surface area contributed by atoms with Gasteiger partial charge in [-0.05, 0) is 0 Å². The zero-order valence-corrected chi connectivity index (χ0v) is 23.8. The molecule has 27 heavy (non-hydrogen) atoms. The summed E-state index contributed by atoms with van der Waals surface area (Å²) < 4.78 is 14.1. The van der Waals surface area contributed by atoms with E-state index in [0.29, 0.717) is 0 Å². The second-order valence-electron chi connectivity index (χ2n) is 9.62. The van der Waals surface area contributed by atoms with Gasteiger partial charge in [0.05, 0.1) is 0 Å². The molecule has 0 aromatic heterocycles. The van der Waals surface area contributed by atoms with Crippen molar-refractivity contribution in [2.24, 2.45) is 0 Å². The van der Waals surface area contributed by atoms with Crippen LogP contribution in [0, 0.1) is 0 Å². The van der Waals surface area contributed by atoms with E-state index < -0.39 is 26.7 Å². The van der Waals surface area contributed by atoms with E-state index in [1.807, 2.05) is 0 Å². The number of hydrogen-bond acceptors (Lipinski definition) is 1. The van der Waals surface area contributed by atoms with Crippen LogP contribution in [0.4, 0.5) is 0 Å². The summed E-state index contributed by atoms with van der Waals surface area (Å²) in [6, 6.07) is 0. The Bertz CT molecular complexity index is 403. The molecule has 1 unspecified atom stereocenters. The van der Waals surface area contributed by atoms with Crippen molar-refractivity contribution in [3.8, 4) is 0 Å². The molecule has 1 nitrogen and oxygen atoms in total. The van der Waals surface area contributed by atoms with E-state index in [9.17, 15) is 0 Å². The van der Waals surface area contributed by atoms with E-state index in [2.05, 4.69) is 76.6 Å². The van der Waals surface area contributed by atoms with Crippen molar-refractivity contribution in [3.05, 3.63) is 22.3 Å². The molecule has 0 aromatic rings. The molecule has 0 bridgehead atoms. The van der Waals surface area contributed by atoms with E-state index in [4.69, 9.17) is 4.43 Å². The molecule has 0 saturated carbocycles. The number of rotatable bonds is 16. The first-order valence-corrected chi connectivity index (χ1v) is 22.8.